The Morgan fingerprint density at radius 2 is 2.24 bits per heavy atom. The van der Waals surface area contributed by atoms with Crippen molar-refractivity contribution in [1.29, 1.82) is 5.41 Å². The number of dihydropyridines is 1. The number of H-pyrrole nitrogens is 1. The van der Waals surface area contributed by atoms with Crippen molar-refractivity contribution in [2.75, 3.05) is 6.26 Å². The second-order valence-corrected chi connectivity index (χ2v) is 8.22. The van der Waals surface area contributed by atoms with Crippen molar-refractivity contribution in [3.05, 3.63) is 53.3 Å². The number of halogens is 1. The van der Waals surface area contributed by atoms with Gasteiger partial charge in [-0.05, 0) is 43.2 Å². The SMILES string of the molecule is CSc1c(F)c(C)c2[nH]ncc2c1C1=C/C(=C/C(=N)NC(=O)[C@H]2C[C@H]2C)NC=C1. The summed E-state index contributed by atoms with van der Waals surface area (Å²) in [5.74, 6) is 0.0437. The number of thioether (sulfide) groups is 1. The number of aryl methyl sites for hydroxylation is 1. The maximum absolute atomic E-state index is 15.0. The maximum Gasteiger partial charge on any atom is 0.228 e. The number of carbonyl (C=O) groups excluding carboxylic acids is 1. The fourth-order valence-electron chi connectivity index (χ4n) is 3.58. The minimum atomic E-state index is -0.263. The van der Waals surface area contributed by atoms with Crippen LogP contribution in [0.25, 0.3) is 16.5 Å². The molecule has 0 saturated heterocycles. The lowest BCUT2D eigenvalue weighted by Crippen LogP contribution is -2.31. The smallest absolute Gasteiger partial charge is 0.228 e. The third-order valence-corrected chi connectivity index (χ3v) is 6.15. The molecule has 0 spiro atoms. The zero-order chi connectivity index (χ0) is 20.7. The van der Waals surface area contributed by atoms with E-state index in [9.17, 15) is 9.18 Å². The fraction of sp³-hybridized carbons (Fsp3) is 0.286. The van der Waals surface area contributed by atoms with Crippen LogP contribution >= 0.6 is 11.8 Å². The van der Waals surface area contributed by atoms with E-state index in [0.717, 1.165) is 22.9 Å². The van der Waals surface area contributed by atoms with E-state index in [0.29, 0.717) is 27.6 Å². The molecule has 2 atom stereocenters. The minimum Gasteiger partial charge on any atom is -0.362 e. The lowest BCUT2D eigenvalue weighted by Gasteiger charge is -2.17. The first-order valence-electron chi connectivity index (χ1n) is 9.36. The molecule has 1 aliphatic heterocycles. The summed E-state index contributed by atoms with van der Waals surface area (Å²) in [7, 11) is 0. The number of allylic oxidation sites excluding steroid dienone is 3. The highest BCUT2D eigenvalue weighted by atomic mass is 32.2. The fourth-order valence-corrected chi connectivity index (χ4v) is 4.34. The van der Waals surface area contributed by atoms with E-state index in [-0.39, 0.29) is 23.5 Å². The first-order chi connectivity index (χ1) is 13.9. The predicted molar refractivity (Wildman–Crippen MR) is 114 cm³/mol. The third kappa shape index (κ3) is 3.60. The number of amidine groups is 1. The summed E-state index contributed by atoms with van der Waals surface area (Å²) in [5, 5.41) is 21.6. The van der Waals surface area contributed by atoms with Gasteiger partial charge in [0.2, 0.25) is 5.91 Å². The van der Waals surface area contributed by atoms with Crippen LogP contribution in [0, 0.1) is 30.0 Å². The van der Waals surface area contributed by atoms with Crippen LogP contribution in [0.3, 0.4) is 0 Å². The Balaban J connectivity index is 1.69. The van der Waals surface area contributed by atoms with E-state index in [1.807, 2.05) is 25.3 Å². The van der Waals surface area contributed by atoms with Gasteiger partial charge in [-0.1, -0.05) is 6.92 Å². The quantitative estimate of drug-likeness (QED) is 0.349. The molecule has 1 aliphatic carbocycles. The molecule has 1 saturated carbocycles. The Morgan fingerprint density at radius 3 is 2.93 bits per heavy atom. The van der Waals surface area contributed by atoms with E-state index in [4.69, 9.17) is 5.41 Å². The average molecular weight is 412 g/mol. The van der Waals surface area contributed by atoms with E-state index in [1.165, 1.54) is 11.8 Å². The average Bonchev–Trinajstić information content (AvgIpc) is 3.23. The Bertz CT molecular complexity index is 1110. The number of aromatic amines is 1. The van der Waals surface area contributed by atoms with Crippen molar-refractivity contribution in [3.8, 4) is 0 Å². The van der Waals surface area contributed by atoms with Crippen LogP contribution in [0.1, 0.15) is 24.5 Å². The molecule has 4 rings (SSSR count). The van der Waals surface area contributed by atoms with Crippen LogP contribution in [-0.4, -0.2) is 28.2 Å². The number of nitrogens with one attached hydrogen (secondary N) is 4. The van der Waals surface area contributed by atoms with Gasteiger partial charge in [0.1, 0.15) is 11.7 Å². The molecule has 29 heavy (non-hydrogen) atoms. The van der Waals surface area contributed by atoms with Crippen LogP contribution < -0.4 is 10.6 Å². The second kappa shape index (κ2) is 7.51. The molecular weight excluding hydrogens is 389 g/mol. The molecule has 0 unspecified atom stereocenters. The van der Waals surface area contributed by atoms with Gasteiger partial charge >= 0.3 is 0 Å². The number of amides is 1. The van der Waals surface area contributed by atoms with Gasteiger partial charge in [0.25, 0.3) is 0 Å². The van der Waals surface area contributed by atoms with Crippen LogP contribution in [0.4, 0.5) is 4.39 Å². The molecule has 2 heterocycles. The van der Waals surface area contributed by atoms with E-state index in [1.54, 1.807) is 25.4 Å². The lowest BCUT2D eigenvalue weighted by atomic mass is 9.97. The summed E-state index contributed by atoms with van der Waals surface area (Å²) in [6.07, 6.45) is 11.4. The Hall–Kier alpha value is -2.87. The highest BCUT2D eigenvalue weighted by Crippen LogP contribution is 2.39. The molecule has 4 N–H and O–H groups in total. The van der Waals surface area contributed by atoms with Crippen molar-refractivity contribution >= 4 is 40.0 Å². The third-order valence-electron chi connectivity index (χ3n) is 5.36. The lowest BCUT2D eigenvalue weighted by molar-refractivity contribution is -0.121. The van der Waals surface area contributed by atoms with Crippen LogP contribution in [0.15, 0.2) is 41.2 Å². The number of benzene rings is 1. The summed E-state index contributed by atoms with van der Waals surface area (Å²) in [5.41, 5.74) is 3.42. The monoisotopic (exact) mass is 411 g/mol. The van der Waals surface area contributed by atoms with Crippen molar-refractivity contribution in [2.45, 2.75) is 25.2 Å². The zero-order valence-electron chi connectivity index (χ0n) is 16.4. The van der Waals surface area contributed by atoms with Gasteiger partial charge in [-0.25, -0.2) is 4.39 Å². The molecule has 1 fully saturated rings. The molecule has 1 aromatic carbocycles. The number of rotatable bonds is 4. The van der Waals surface area contributed by atoms with E-state index < -0.39 is 0 Å². The Labute approximate surface area is 172 Å². The Kier molecular flexibility index (Phi) is 5.04. The summed E-state index contributed by atoms with van der Waals surface area (Å²) < 4.78 is 15.0. The molecule has 6 nitrogen and oxygen atoms in total. The number of nitrogens with zero attached hydrogens (tertiary/aromatic N) is 1. The number of carbonyl (C=O) groups is 1. The van der Waals surface area contributed by atoms with Gasteiger partial charge in [-0.15, -0.1) is 11.8 Å². The van der Waals surface area contributed by atoms with Crippen molar-refractivity contribution in [2.24, 2.45) is 11.8 Å². The first kappa shape index (κ1) is 19.4. The molecule has 1 amide bonds. The largest absolute Gasteiger partial charge is 0.362 e. The number of fused-ring (bicyclic) bond motifs is 1. The summed E-state index contributed by atoms with van der Waals surface area (Å²) in [4.78, 5) is 12.6. The zero-order valence-corrected chi connectivity index (χ0v) is 17.2. The first-order valence-corrected chi connectivity index (χ1v) is 10.6. The van der Waals surface area contributed by atoms with Gasteiger partial charge in [0.15, 0.2) is 0 Å². The normalized spacial score (nSPS) is 21.8. The molecule has 8 heteroatoms. The molecule has 2 aliphatic rings. The maximum atomic E-state index is 15.0. The van der Waals surface area contributed by atoms with Crippen molar-refractivity contribution < 1.29 is 9.18 Å². The number of hydrogen-bond donors (Lipinski definition) is 4. The highest BCUT2D eigenvalue weighted by molar-refractivity contribution is 7.98. The summed E-state index contributed by atoms with van der Waals surface area (Å²) in [6, 6.07) is 0. The van der Waals surface area contributed by atoms with Gasteiger partial charge in [0, 0.05) is 40.4 Å². The summed E-state index contributed by atoms with van der Waals surface area (Å²) >= 11 is 1.35. The van der Waals surface area contributed by atoms with Gasteiger partial charge in [-0.2, -0.15) is 5.10 Å². The van der Waals surface area contributed by atoms with Crippen LogP contribution in [0.2, 0.25) is 0 Å². The molecule has 0 radical (unpaired) electrons. The van der Waals surface area contributed by atoms with Crippen molar-refractivity contribution in [3.63, 3.8) is 0 Å². The minimum absolute atomic E-state index is 0.00751. The van der Waals surface area contributed by atoms with Gasteiger partial charge in [0.05, 0.1) is 16.6 Å². The molecule has 2 aromatic rings. The predicted octanol–water partition coefficient (Wildman–Crippen LogP) is 3.87. The summed E-state index contributed by atoms with van der Waals surface area (Å²) in [6.45, 7) is 3.76. The standard InChI is InChI=1S/C21H22FN5OS/c1-10-6-14(10)21(28)26-16(23)8-13-7-12(4-5-24-13)17-15-9-25-27-19(15)11(2)18(22)20(17)29-3/h4-5,7-10,14,24H,6H2,1-3H3,(H,25,27)(H2,23,26,28)/b13-8-/t10-,14+/m1/s1. The Morgan fingerprint density at radius 1 is 1.48 bits per heavy atom. The number of aromatic nitrogens is 2. The molecule has 0 bridgehead atoms. The van der Waals surface area contributed by atoms with Crippen LogP contribution in [-0.2, 0) is 4.79 Å². The molecular formula is C21H22FN5OS. The molecule has 1 aromatic heterocycles. The molecule has 150 valence electrons. The number of hydrogen-bond acceptors (Lipinski definition) is 5. The second-order valence-electron chi connectivity index (χ2n) is 7.41. The topological polar surface area (TPSA) is 93.7 Å². The van der Waals surface area contributed by atoms with E-state index in [2.05, 4.69) is 20.8 Å². The highest BCUT2D eigenvalue weighted by Gasteiger charge is 2.39. The van der Waals surface area contributed by atoms with Gasteiger partial charge < -0.3 is 10.6 Å². The van der Waals surface area contributed by atoms with Crippen LogP contribution in [0.5, 0.6) is 0 Å². The van der Waals surface area contributed by atoms with Gasteiger partial charge in [-0.3, -0.25) is 15.3 Å². The van der Waals surface area contributed by atoms with E-state index >= 15 is 0 Å². The van der Waals surface area contributed by atoms with Crippen molar-refractivity contribution in [1.82, 2.24) is 20.8 Å².